The van der Waals surface area contributed by atoms with Crippen LogP contribution in [-0.2, 0) is 29.0 Å². The molecule has 3 aromatic carbocycles. The molecule has 0 unspecified atom stereocenters. The number of nitrogens with one attached hydrogen (secondary N) is 2. The van der Waals surface area contributed by atoms with Gasteiger partial charge in [0.1, 0.15) is 29.1 Å². The van der Waals surface area contributed by atoms with Crippen molar-refractivity contribution in [2.75, 3.05) is 5.32 Å². The van der Waals surface area contributed by atoms with E-state index in [1.807, 2.05) is 84.9 Å². The number of carbonyl (C=O) groups excluding carboxylic acids is 2. The third kappa shape index (κ3) is 6.43. The Balaban J connectivity index is 1.17. The number of thiophene rings is 1. The number of para-hydroxylation sites is 1. The molecule has 1 aliphatic carbocycles. The smallest absolute Gasteiger partial charge is 0.329 e. The van der Waals surface area contributed by atoms with E-state index in [1.165, 1.54) is 17.6 Å². The van der Waals surface area contributed by atoms with Gasteiger partial charge in [-0.1, -0.05) is 48.5 Å². The lowest BCUT2D eigenvalue weighted by atomic mass is 9.96. The summed E-state index contributed by atoms with van der Waals surface area (Å²) >= 11 is 1.36. The van der Waals surface area contributed by atoms with Crippen molar-refractivity contribution in [2.45, 2.75) is 32.3 Å². The molecule has 9 nitrogen and oxygen atoms in total. The molecule has 2 amide bonds. The van der Waals surface area contributed by atoms with Crippen LogP contribution in [0.1, 0.15) is 40.0 Å². The van der Waals surface area contributed by atoms with E-state index in [0.29, 0.717) is 28.4 Å². The molecule has 10 heteroatoms. The first-order valence-electron chi connectivity index (χ1n) is 14.2. The summed E-state index contributed by atoms with van der Waals surface area (Å²) in [6.45, 7) is 0.459. The van der Waals surface area contributed by atoms with Crippen molar-refractivity contribution in [3.63, 3.8) is 0 Å². The number of benzene rings is 3. The molecule has 6 rings (SSSR count). The largest absolute Gasteiger partial charge is 0.489 e. The van der Waals surface area contributed by atoms with E-state index in [2.05, 4.69) is 21.9 Å². The Morgan fingerprint density at radius 2 is 1.70 bits per heavy atom. The lowest BCUT2D eigenvalue weighted by molar-refractivity contribution is -0.136. The molecular weight excluding hydrogens is 572 g/mol. The molecule has 1 aliphatic rings. The van der Waals surface area contributed by atoms with Crippen LogP contribution in [0.15, 0.2) is 96.2 Å². The van der Waals surface area contributed by atoms with Crippen molar-refractivity contribution in [3.8, 4) is 28.8 Å². The predicted octanol–water partition coefficient (Wildman–Crippen LogP) is 6.02. The standard InChI is InChI=1S/C34H28N6O3S/c35-19-29-28-13-7-8-14-30(28)44-34(29)37-32(41)33(42)38-36-20-25-21-40(26-11-5-2-6-12-26)39-31(25)24-15-17-27(18-16-24)43-22-23-9-3-1-4-10-23/h1-6,9-12,15-18,20-21H,7-8,13-14,22H2,(H,37,41)(H,38,42)/b36-20-. The minimum atomic E-state index is -0.937. The van der Waals surface area contributed by atoms with Gasteiger partial charge in [-0.15, -0.1) is 11.3 Å². The Morgan fingerprint density at radius 1 is 0.977 bits per heavy atom. The number of aryl methyl sites for hydroxylation is 1. The number of carbonyl (C=O) groups is 2. The van der Waals surface area contributed by atoms with Gasteiger partial charge in [0.2, 0.25) is 0 Å². The number of amides is 2. The Bertz CT molecular complexity index is 1850. The molecule has 44 heavy (non-hydrogen) atoms. The van der Waals surface area contributed by atoms with E-state index < -0.39 is 11.8 Å². The highest BCUT2D eigenvalue weighted by molar-refractivity contribution is 7.16. The van der Waals surface area contributed by atoms with Crippen LogP contribution in [0.4, 0.5) is 5.00 Å². The van der Waals surface area contributed by atoms with Crippen molar-refractivity contribution in [1.29, 1.82) is 5.26 Å². The van der Waals surface area contributed by atoms with Gasteiger partial charge in [-0.3, -0.25) is 9.59 Å². The molecule has 0 atom stereocenters. The van der Waals surface area contributed by atoms with Gasteiger partial charge in [-0.05, 0) is 73.2 Å². The molecule has 0 spiro atoms. The molecule has 2 N–H and O–H groups in total. The molecule has 0 fully saturated rings. The van der Waals surface area contributed by atoms with Gasteiger partial charge in [0, 0.05) is 22.2 Å². The average Bonchev–Trinajstić information content (AvgIpc) is 3.66. The van der Waals surface area contributed by atoms with Crippen molar-refractivity contribution < 1.29 is 14.3 Å². The van der Waals surface area contributed by atoms with Crippen LogP contribution < -0.4 is 15.5 Å². The number of anilines is 1. The zero-order valence-electron chi connectivity index (χ0n) is 23.7. The van der Waals surface area contributed by atoms with Crippen LogP contribution in [0.25, 0.3) is 16.9 Å². The summed E-state index contributed by atoms with van der Waals surface area (Å²) in [5, 5.41) is 21.5. The van der Waals surface area contributed by atoms with Gasteiger partial charge >= 0.3 is 11.8 Å². The van der Waals surface area contributed by atoms with Crippen LogP contribution in [0.2, 0.25) is 0 Å². The molecule has 0 bridgehead atoms. The minimum Gasteiger partial charge on any atom is -0.489 e. The molecule has 218 valence electrons. The van der Waals surface area contributed by atoms with Crippen molar-refractivity contribution >= 4 is 34.4 Å². The summed E-state index contributed by atoms with van der Waals surface area (Å²) in [5.74, 6) is -1.10. The molecule has 0 radical (unpaired) electrons. The number of hydrazone groups is 1. The van der Waals surface area contributed by atoms with Crippen molar-refractivity contribution in [2.24, 2.45) is 5.10 Å². The normalized spacial score (nSPS) is 12.3. The third-order valence-electron chi connectivity index (χ3n) is 7.23. The van der Waals surface area contributed by atoms with Crippen LogP contribution in [-0.4, -0.2) is 27.8 Å². The minimum absolute atomic E-state index is 0.408. The number of nitrogens with zero attached hydrogens (tertiary/aromatic N) is 4. The van der Waals surface area contributed by atoms with E-state index in [4.69, 9.17) is 9.84 Å². The monoisotopic (exact) mass is 600 g/mol. The third-order valence-corrected chi connectivity index (χ3v) is 8.43. The van der Waals surface area contributed by atoms with E-state index in [9.17, 15) is 14.9 Å². The van der Waals surface area contributed by atoms with Crippen molar-refractivity contribution in [3.05, 3.63) is 118 Å². The van der Waals surface area contributed by atoms with Crippen LogP contribution >= 0.6 is 11.3 Å². The zero-order chi connectivity index (χ0) is 30.3. The Morgan fingerprint density at radius 3 is 2.45 bits per heavy atom. The Kier molecular flexibility index (Phi) is 8.57. The molecule has 5 aromatic rings. The SMILES string of the molecule is N#Cc1c(NC(=O)C(=O)N/N=C\c2cn(-c3ccccc3)nc2-c2ccc(OCc3ccccc3)cc2)sc2c1CCCC2. The second-order valence-electron chi connectivity index (χ2n) is 10.2. The number of nitriles is 1. The first kappa shape index (κ1) is 28.6. The van der Waals surface area contributed by atoms with E-state index >= 15 is 0 Å². The second-order valence-corrected chi connectivity index (χ2v) is 11.3. The van der Waals surface area contributed by atoms with Gasteiger partial charge in [0.05, 0.1) is 17.5 Å². The fourth-order valence-electron chi connectivity index (χ4n) is 5.01. The Hall–Kier alpha value is -5.53. The molecular formula is C34H28N6O3S. The number of ether oxygens (including phenoxy) is 1. The highest BCUT2D eigenvalue weighted by Gasteiger charge is 2.23. The predicted molar refractivity (Wildman–Crippen MR) is 170 cm³/mol. The number of fused-ring (bicyclic) bond motifs is 1. The highest BCUT2D eigenvalue weighted by atomic mass is 32.1. The molecule has 0 aliphatic heterocycles. The van der Waals surface area contributed by atoms with E-state index in [0.717, 1.165) is 58.7 Å². The lowest BCUT2D eigenvalue weighted by Gasteiger charge is -2.09. The molecule has 2 aromatic heterocycles. The van der Waals surface area contributed by atoms with Crippen LogP contribution in [0, 0.1) is 11.3 Å². The summed E-state index contributed by atoms with van der Waals surface area (Å²) in [4.78, 5) is 26.4. The van der Waals surface area contributed by atoms with Crippen molar-refractivity contribution in [1.82, 2.24) is 15.2 Å². The van der Waals surface area contributed by atoms with Gasteiger partial charge in [-0.2, -0.15) is 15.5 Å². The molecule has 0 saturated heterocycles. The summed E-state index contributed by atoms with van der Waals surface area (Å²) in [7, 11) is 0. The fourth-order valence-corrected chi connectivity index (χ4v) is 6.25. The maximum atomic E-state index is 12.7. The fraction of sp³-hybridized carbons (Fsp3) is 0.147. The highest BCUT2D eigenvalue weighted by Crippen LogP contribution is 2.37. The van der Waals surface area contributed by atoms with Gasteiger partial charge in [0.15, 0.2) is 0 Å². The summed E-state index contributed by atoms with van der Waals surface area (Å²) in [6.07, 6.45) is 7.01. The quantitative estimate of drug-likeness (QED) is 0.128. The first-order chi connectivity index (χ1) is 21.6. The number of aromatic nitrogens is 2. The van der Waals surface area contributed by atoms with Gasteiger partial charge < -0.3 is 10.1 Å². The zero-order valence-corrected chi connectivity index (χ0v) is 24.5. The second kappa shape index (κ2) is 13.2. The number of rotatable bonds is 8. The maximum absolute atomic E-state index is 12.7. The van der Waals surface area contributed by atoms with E-state index in [-0.39, 0.29) is 0 Å². The topological polar surface area (TPSA) is 121 Å². The van der Waals surface area contributed by atoms with Crippen LogP contribution in [0.5, 0.6) is 5.75 Å². The Labute approximate surface area is 258 Å². The maximum Gasteiger partial charge on any atom is 0.329 e. The number of hydrogen-bond donors (Lipinski definition) is 2. The average molecular weight is 601 g/mol. The molecule has 0 saturated carbocycles. The first-order valence-corrected chi connectivity index (χ1v) is 15.0. The van der Waals surface area contributed by atoms with Gasteiger partial charge in [-0.25, -0.2) is 10.1 Å². The summed E-state index contributed by atoms with van der Waals surface area (Å²) < 4.78 is 7.66. The van der Waals surface area contributed by atoms with Gasteiger partial charge in [0.25, 0.3) is 0 Å². The van der Waals surface area contributed by atoms with Crippen LogP contribution in [0.3, 0.4) is 0 Å². The lowest BCUT2D eigenvalue weighted by Crippen LogP contribution is -2.32. The summed E-state index contributed by atoms with van der Waals surface area (Å²) in [6, 6.07) is 29.3. The molecule has 2 heterocycles. The number of hydrogen-bond acceptors (Lipinski definition) is 7. The van der Waals surface area contributed by atoms with E-state index in [1.54, 1.807) is 10.9 Å². The summed E-state index contributed by atoms with van der Waals surface area (Å²) in [5.41, 5.74) is 7.75.